The molecule has 1 aromatic carbocycles. The Kier molecular flexibility index (Phi) is 5.40. The van der Waals surface area contributed by atoms with Crippen molar-refractivity contribution in [3.05, 3.63) is 34.9 Å². The van der Waals surface area contributed by atoms with Crippen LogP contribution < -0.4 is 0 Å². The van der Waals surface area contributed by atoms with Gasteiger partial charge < -0.3 is 9.84 Å². The lowest BCUT2D eigenvalue weighted by molar-refractivity contribution is -0.142. The number of carbonyl (C=O) groups excluding carboxylic acids is 1. The lowest BCUT2D eigenvalue weighted by Crippen LogP contribution is -2.39. The van der Waals surface area contributed by atoms with Crippen molar-refractivity contribution in [3.63, 3.8) is 0 Å². The number of methoxy groups -OCH3 is 1. The summed E-state index contributed by atoms with van der Waals surface area (Å²) in [6.45, 7) is 1.95. The van der Waals surface area contributed by atoms with Gasteiger partial charge in [-0.05, 0) is 49.5 Å². The van der Waals surface area contributed by atoms with Crippen LogP contribution in [0.3, 0.4) is 0 Å². The van der Waals surface area contributed by atoms with Crippen molar-refractivity contribution >= 4 is 17.6 Å². The van der Waals surface area contributed by atoms with Gasteiger partial charge in [0.2, 0.25) is 0 Å². The van der Waals surface area contributed by atoms with Crippen LogP contribution in [0.25, 0.3) is 0 Å². The van der Waals surface area contributed by atoms with Gasteiger partial charge in [0.15, 0.2) is 0 Å². The number of ether oxygens (including phenoxy) is 1. The maximum absolute atomic E-state index is 11.2. The first-order chi connectivity index (χ1) is 9.60. The first-order valence-corrected chi connectivity index (χ1v) is 7.20. The largest absolute Gasteiger partial charge is 0.468 e. The van der Waals surface area contributed by atoms with E-state index in [0.29, 0.717) is 11.6 Å². The van der Waals surface area contributed by atoms with E-state index in [1.54, 1.807) is 12.1 Å². The summed E-state index contributed by atoms with van der Waals surface area (Å²) in [4.78, 5) is 13.3. The van der Waals surface area contributed by atoms with Crippen LogP contribution in [-0.2, 0) is 9.53 Å². The molecule has 2 rings (SSSR count). The molecular weight excluding hydrogens is 278 g/mol. The quantitative estimate of drug-likeness (QED) is 0.866. The minimum absolute atomic E-state index is 0.207. The van der Waals surface area contributed by atoms with Crippen LogP contribution in [0.4, 0.5) is 0 Å². The molecule has 110 valence electrons. The van der Waals surface area contributed by atoms with E-state index in [2.05, 4.69) is 9.64 Å². The number of nitrogens with zero attached hydrogens (tertiary/aromatic N) is 1. The normalized spacial score (nSPS) is 18.8. The smallest absolute Gasteiger partial charge is 0.319 e. The Balaban J connectivity index is 1.87. The summed E-state index contributed by atoms with van der Waals surface area (Å²) < 4.78 is 4.67. The number of likely N-dealkylation sites (tertiary alicyclic amines) is 1. The van der Waals surface area contributed by atoms with E-state index in [0.717, 1.165) is 31.5 Å². The first kappa shape index (κ1) is 15.3. The summed E-state index contributed by atoms with van der Waals surface area (Å²) in [6.07, 6.45) is 1.29. The lowest BCUT2D eigenvalue weighted by Gasteiger charge is -2.33. The van der Waals surface area contributed by atoms with Gasteiger partial charge >= 0.3 is 5.97 Å². The second-order valence-corrected chi connectivity index (χ2v) is 5.62. The van der Waals surface area contributed by atoms with E-state index >= 15 is 0 Å². The molecule has 1 fully saturated rings. The van der Waals surface area contributed by atoms with Crippen LogP contribution in [0.2, 0.25) is 5.02 Å². The maximum Gasteiger partial charge on any atom is 0.319 e. The molecule has 0 saturated carbocycles. The van der Waals surface area contributed by atoms with Crippen LogP contribution in [-0.4, -0.2) is 42.7 Å². The van der Waals surface area contributed by atoms with Crippen molar-refractivity contribution in [3.8, 4) is 0 Å². The SMILES string of the molecule is COC(=O)CN1CCC(C(O)c2ccc(Cl)cc2)CC1. The summed E-state index contributed by atoms with van der Waals surface area (Å²) in [5, 5.41) is 11.1. The Bertz CT molecular complexity index is 441. The van der Waals surface area contributed by atoms with Gasteiger partial charge in [-0.3, -0.25) is 9.69 Å². The highest BCUT2D eigenvalue weighted by Gasteiger charge is 2.27. The number of aliphatic hydroxyl groups excluding tert-OH is 1. The number of rotatable bonds is 4. The Morgan fingerprint density at radius 2 is 2.00 bits per heavy atom. The highest BCUT2D eigenvalue weighted by atomic mass is 35.5. The van der Waals surface area contributed by atoms with Gasteiger partial charge in [0.25, 0.3) is 0 Å². The molecule has 1 aliphatic rings. The maximum atomic E-state index is 11.2. The van der Waals surface area contributed by atoms with E-state index in [1.807, 2.05) is 12.1 Å². The van der Waals surface area contributed by atoms with Crippen LogP contribution in [0.15, 0.2) is 24.3 Å². The number of hydrogen-bond acceptors (Lipinski definition) is 4. The molecule has 1 saturated heterocycles. The van der Waals surface area contributed by atoms with Crippen LogP contribution >= 0.6 is 11.6 Å². The molecule has 0 aliphatic carbocycles. The highest BCUT2D eigenvalue weighted by molar-refractivity contribution is 6.30. The predicted octanol–water partition coefficient (Wildman–Crippen LogP) is 2.26. The van der Waals surface area contributed by atoms with Crippen LogP contribution in [0, 0.1) is 5.92 Å². The van der Waals surface area contributed by atoms with E-state index in [-0.39, 0.29) is 11.9 Å². The lowest BCUT2D eigenvalue weighted by atomic mass is 9.87. The summed E-state index contributed by atoms with van der Waals surface area (Å²) in [6, 6.07) is 7.33. The van der Waals surface area contributed by atoms with Crippen molar-refractivity contribution in [2.45, 2.75) is 18.9 Å². The third-order valence-corrected chi connectivity index (χ3v) is 4.12. The zero-order valence-electron chi connectivity index (χ0n) is 11.6. The summed E-state index contributed by atoms with van der Waals surface area (Å²) in [5.41, 5.74) is 0.904. The van der Waals surface area contributed by atoms with Crippen molar-refractivity contribution in [2.24, 2.45) is 5.92 Å². The van der Waals surface area contributed by atoms with Gasteiger partial charge in [-0.25, -0.2) is 0 Å². The fourth-order valence-electron chi connectivity index (χ4n) is 2.61. The molecule has 0 spiro atoms. The number of piperidine rings is 1. The third-order valence-electron chi connectivity index (χ3n) is 3.87. The van der Waals surface area contributed by atoms with Crippen molar-refractivity contribution in [1.82, 2.24) is 4.90 Å². The zero-order valence-corrected chi connectivity index (χ0v) is 12.3. The highest BCUT2D eigenvalue weighted by Crippen LogP contribution is 2.31. The fourth-order valence-corrected chi connectivity index (χ4v) is 2.73. The number of halogens is 1. The zero-order chi connectivity index (χ0) is 14.5. The van der Waals surface area contributed by atoms with Gasteiger partial charge in [0.05, 0.1) is 19.8 Å². The monoisotopic (exact) mass is 297 g/mol. The molecule has 4 nitrogen and oxygen atoms in total. The van der Waals surface area contributed by atoms with Gasteiger partial charge in [-0.2, -0.15) is 0 Å². The molecule has 0 aromatic heterocycles. The number of aliphatic hydroxyl groups is 1. The van der Waals surface area contributed by atoms with E-state index in [9.17, 15) is 9.90 Å². The molecule has 1 N–H and O–H groups in total. The first-order valence-electron chi connectivity index (χ1n) is 6.83. The Morgan fingerprint density at radius 3 is 2.55 bits per heavy atom. The summed E-state index contributed by atoms with van der Waals surface area (Å²) >= 11 is 5.85. The molecule has 20 heavy (non-hydrogen) atoms. The average molecular weight is 298 g/mol. The number of esters is 1. The minimum Gasteiger partial charge on any atom is -0.468 e. The van der Waals surface area contributed by atoms with Gasteiger partial charge in [-0.1, -0.05) is 23.7 Å². The molecular formula is C15H20ClNO3. The molecule has 5 heteroatoms. The van der Waals surface area contributed by atoms with Crippen LogP contribution in [0.5, 0.6) is 0 Å². The number of carbonyl (C=O) groups is 1. The minimum atomic E-state index is -0.465. The van der Waals surface area contributed by atoms with E-state index in [4.69, 9.17) is 11.6 Å². The Labute approximate surface area is 124 Å². The predicted molar refractivity (Wildman–Crippen MR) is 77.6 cm³/mol. The fraction of sp³-hybridized carbons (Fsp3) is 0.533. The summed E-state index contributed by atoms with van der Waals surface area (Å²) in [7, 11) is 1.40. The van der Waals surface area contributed by atoms with E-state index in [1.165, 1.54) is 7.11 Å². The topological polar surface area (TPSA) is 49.8 Å². The Morgan fingerprint density at radius 1 is 1.40 bits per heavy atom. The van der Waals surface area contributed by atoms with Gasteiger partial charge in [-0.15, -0.1) is 0 Å². The van der Waals surface area contributed by atoms with Gasteiger partial charge in [0.1, 0.15) is 0 Å². The number of benzene rings is 1. The molecule has 0 amide bonds. The van der Waals surface area contributed by atoms with Crippen LogP contribution in [0.1, 0.15) is 24.5 Å². The molecule has 1 aromatic rings. The van der Waals surface area contributed by atoms with Crippen molar-refractivity contribution in [1.29, 1.82) is 0 Å². The molecule has 0 radical (unpaired) electrons. The Hall–Kier alpha value is -1.10. The molecule has 1 atom stereocenters. The van der Waals surface area contributed by atoms with Crippen molar-refractivity contribution < 1.29 is 14.6 Å². The second-order valence-electron chi connectivity index (χ2n) is 5.19. The molecule has 1 unspecified atom stereocenters. The molecule has 1 aliphatic heterocycles. The molecule has 1 heterocycles. The average Bonchev–Trinajstić information content (AvgIpc) is 2.48. The number of hydrogen-bond donors (Lipinski definition) is 1. The van der Waals surface area contributed by atoms with E-state index < -0.39 is 6.10 Å². The molecule has 0 bridgehead atoms. The third kappa shape index (κ3) is 3.95. The summed E-state index contributed by atoms with van der Waals surface area (Å²) in [5.74, 6) is 0.0202. The van der Waals surface area contributed by atoms with Crippen molar-refractivity contribution in [2.75, 3.05) is 26.7 Å². The standard InChI is InChI=1S/C15H20ClNO3/c1-20-14(18)10-17-8-6-12(7-9-17)15(19)11-2-4-13(16)5-3-11/h2-5,12,15,19H,6-10H2,1H3. The van der Waals surface area contributed by atoms with Gasteiger partial charge in [0, 0.05) is 5.02 Å². The second kappa shape index (κ2) is 7.07.